The van der Waals surface area contributed by atoms with E-state index in [1.165, 1.54) is 0 Å². The number of urea groups is 1. The summed E-state index contributed by atoms with van der Waals surface area (Å²) in [4.78, 5) is 35.5. The highest BCUT2D eigenvalue weighted by atomic mass is 16.2. The maximum atomic E-state index is 11.9. The van der Waals surface area contributed by atoms with Crippen molar-refractivity contribution in [3.63, 3.8) is 0 Å². The molecule has 0 saturated heterocycles. The van der Waals surface area contributed by atoms with Gasteiger partial charge in [0.1, 0.15) is 0 Å². The highest BCUT2D eigenvalue weighted by Crippen LogP contribution is 2.10. The van der Waals surface area contributed by atoms with E-state index in [2.05, 4.69) is 21.3 Å². The first kappa shape index (κ1) is 19.0. The van der Waals surface area contributed by atoms with Gasteiger partial charge in [-0.15, -0.1) is 0 Å². The molecule has 0 spiro atoms. The number of anilines is 1. The largest absolute Gasteiger partial charge is 0.352 e. The number of nitrogens with one attached hydrogen (secondary N) is 4. The predicted octanol–water partition coefficient (Wildman–Crippen LogP) is 1.87. The quantitative estimate of drug-likeness (QED) is 0.611. The van der Waals surface area contributed by atoms with Crippen molar-refractivity contribution in [2.75, 3.05) is 18.4 Å². The van der Waals surface area contributed by atoms with Crippen LogP contribution < -0.4 is 21.3 Å². The zero-order valence-corrected chi connectivity index (χ0v) is 14.5. The standard InChI is InChI=1S/C19H22N4O3/c1-2-20-18(25)15-9-6-10-16(11-15)23-17(24)13-22-19(26)21-12-14-7-4-3-5-8-14/h3-11H,2,12-13H2,1H3,(H,20,25)(H,23,24)(H2,21,22,26). The van der Waals surface area contributed by atoms with Gasteiger partial charge in [-0.3, -0.25) is 9.59 Å². The van der Waals surface area contributed by atoms with Gasteiger partial charge in [-0.25, -0.2) is 4.79 Å². The lowest BCUT2D eigenvalue weighted by Gasteiger charge is -2.09. The summed E-state index contributed by atoms with van der Waals surface area (Å²) in [7, 11) is 0. The van der Waals surface area contributed by atoms with Gasteiger partial charge in [0.25, 0.3) is 5.91 Å². The van der Waals surface area contributed by atoms with Crippen molar-refractivity contribution in [3.8, 4) is 0 Å². The van der Waals surface area contributed by atoms with Crippen molar-refractivity contribution < 1.29 is 14.4 Å². The third-order valence-corrected chi connectivity index (χ3v) is 3.45. The molecule has 2 aromatic carbocycles. The van der Waals surface area contributed by atoms with Crippen molar-refractivity contribution in [3.05, 3.63) is 65.7 Å². The summed E-state index contributed by atoms with van der Waals surface area (Å²) in [5.74, 6) is -0.588. The van der Waals surface area contributed by atoms with Gasteiger partial charge in [-0.1, -0.05) is 36.4 Å². The van der Waals surface area contributed by atoms with Crippen molar-refractivity contribution in [2.24, 2.45) is 0 Å². The third-order valence-electron chi connectivity index (χ3n) is 3.45. The minimum absolute atomic E-state index is 0.175. The van der Waals surface area contributed by atoms with Crippen LogP contribution in [0, 0.1) is 0 Å². The molecular formula is C19H22N4O3. The highest BCUT2D eigenvalue weighted by molar-refractivity contribution is 5.98. The average molecular weight is 354 g/mol. The molecule has 0 atom stereocenters. The lowest BCUT2D eigenvalue weighted by molar-refractivity contribution is -0.115. The number of hydrogen-bond acceptors (Lipinski definition) is 3. The average Bonchev–Trinajstić information content (AvgIpc) is 2.66. The Morgan fingerprint density at radius 2 is 1.65 bits per heavy atom. The van der Waals surface area contributed by atoms with Gasteiger partial charge in [0.05, 0.1) is 6.54 Å². The minimum atomic E-state index is -0.430. The summed E-state index contributed by atoms with van der Waals surface area (Å²) in [6.07, 6.45) is 0. The van der Waals surface area contributed by atoms with Crippen LogP contribution in [0.25, 0.3) is 0 Å². The summed E-state index contributed by atoms with van der Waals surface area (Å²) in [5.41, 5.74) is 1.91. The molecular weight excluding hydrogens is 332 g/mol. The normalized spacial score (nSPS) is 9.88. The number of carbonyl (C=O) groups excluding carboxylic acids is 3. The zero-order chi connectivity index (χ0) is 18.8. The fourth-order valence-corrected chi connectivity index (χ4v) is 2.21. The molecule has 0 aliphatic heterocycles. The van der Waals surface area contributed by atoms with E-state index in [4.69, 9.17) is 0 Å². The van der Waals surface area contributed by atoms with Gasteiger partial charge in [-0.05, 0) is 30.7 Å². The van der Waals surface area contributed by atoms with Crippen LogP contribution >= 0.6 is 0 Å². The molecule has 0 saturated carbocycles. The molecule has 2 aromatic rings. The van der Waals surface area contributed by atoms with Crippen LogP contribution in [0.5, 0.6) is 0 Å². The van der Waals surface area contributed by atoms with E-state index in [-0.39, 0.29) is 18.4 Å². The molecule has 0 unspecified atom stereocenters. The van der Waals surface area contributed by atoms with Crippen molar-refractivity contribution in [1.29, 1.82) is 0 Å². The summed E-state index contributed by atoms with van der Waals surface area (Å²) < 4.78 is 0. The first-order valence-corrected chi connectivity index (χ1v) is 8.32. The maximum absolute atomic E-state index is 11.9. The molecule has 7 heteroatoms. The Hall–Kier alpha value is -3.35. The molecule has 0 aliphatic rings. The molecule has 7 nitrogen and oxygen atoms in total. The SMILES string of the molecule is CCNC(=O)c1cccc(NC(=O)CNC(=O)NCc2ccccc2)c1. The second kappa shape index (κ2) is 9.83. The summed E-state index contributed by atoms with van der Waals surface area (Å²) >= 11 is 0. The molecule has 136 valence electrons. The number of carbonyl (C=O) groups is 3. The topological polar surface area (TPSA) is 99.3 Å². The van der Waals surface area contributed by atoms with Crippen LogP contribution in [0.15, 0.2) is 54.6 Å². The summed E-state index contributed by atoms with van der Waals surface area (Å²) in [6, 6.07) is 15.6. The maximum Gasteiger partial charge on any atom is 0.315 e. The Morgan fingerprint density at radius 3 is 2.38 bits per heavy atom. The van der Waals surface area contributed by atoms with Gasteiger partial charge >= 0.3 is 6.03 Å². The van der Waals surface area contributed by atoms with E-state index < -0.39 is 6.03 Å². The molecule has 4 N–H and O–H groups in total. The number of benzene rings is 2. The monoisotopic (exact) mass is 354 g/mol. The fourth-order valence-electron chi connectivity index (χ4n) is 2.21. The molecule has 0 fully saturated rings. The first-order chi connectivity index (χ1) is 12.6. The second-order valence-electron chi connectivity index (χ2n) is 5.51. The van der Waals surface area contributed by atoms with Gasteiger partial charge < -0.3 is 21.3 Å². The van der Waals surface area contributed by atoms with Crippen LogP contribution in [-0.2, 0) is 11.3 Å². The lowest BCUT2D eigenvalue weighted by Crippen LogP contribution is -2.39. The van der Waals surface area contributed by atoms with Gasteiger partial charge in [0, 0.05) is 24.3 Å². The van der Waals surface area contributed by atoms with E-state index in [9.17, 15) is 14.4 Å². The van der Waals surface area contributed by atoms with E-state index in [1.54, 1.807) is 24.3 Å². The molecule has 0 aromatic heterocycles. The van der Waals surface area contributed by atoms with Crippen LogP contribution in [-0.4, -0.2) is 30.9 Å². The number of rotatable bonds is 7. The molecule has 26 heavy (non-hydrogen) atoms. The summed E-state index contributed by atoms with van der Waals surface area (Å²) in [6.45, 7) is 2.56. The lowest BCUT2D eigenvalue weighted by atomic mass is 10.2. The minimum Gasteiger partial charge on any atom is -0.352 e. The second-order valence-corrected chi connectivity index (χ2v) is 5.51. The van der Waals surface area contributed by atoms with Crippen molar-refractivity contribution >= 4 is 23.5 Å². The third kappa shape index (κ3) is 6.27. The Labute approximate surface area is 152 Å². The van der Waals surface area contributed by atoms with Crippen LogP contribution in [0.1, 0.15) is 22.8 Å². The summed E-state index contributed by atoms with van der Waals surface area (Å²) in [5, 5.41) is 10.5. The van der Waals surface area contributed by atoms with E-state index in [1.807, 2.05) is 37.3 Å². The van der Waals surface area contributed by atoms with Gasteiger partial charge in [-0.2, -0.15) is 0 Å². The fraction of sp³-hybridized carbons (Fsp3) is 0.211. The van der Waals surface area contributed by atoms with Crippen molar-refractivity contribution in [2.45, 2.75) is 13.5 Å². The van der Waals surface area contributed by atoms with Crippen LogP contribution in [0.4, 0.5) is 10.5 Å². The first-order valence-electron chi connectivity index (χ1n) is 8.32. The van der Waals surface area contributed by atoms with Gasteiger partial charge in [0.2, 0.25) is 5.91 Å². The number of hydrogen-bond donors (Lipinski definition) is 4. The molecule has 0 radical (unpaired) electrons. The molecule has 4 amide bonds. The van der Waals surface area contributed by atoms with E-state index in [0.717, 1.165) is 5.56 Å². The zero-order valence-electron chi connectivity index (χ0n) is 14.5. The number of amides is 4. The Morgan fingerprint density at radius 1 is 0.885 bits per heavy atom. The highest BCUT2D eigenvalue weighted by Gasteiger charge is 2.08. The predicted molar refractivity (Wildman–Crippen MR) is 99.8 cm³/mol. The Balaban J connectivity index is 1.77. The molecule has 0 aliphatic carbocycles. The van der Waals surface area contributed by atoms with Crippen LogP contribution in [0.3, 0.4) is 0 Å². The Kier molecular flexibility index (Phi) is 7.17. The molecule has 0 heterocycles. The Bertz CT molecular complexity index is 762. The van der Waals surface area contributed by atoms with Crippen molar-refractivity contribution in [1.82, 2.24) is 16.0 Å². The van der Waals surface area contributed by atoms with E-state index >= 15 is 0 Å². The molecule has 2 rings (SSSR count). The van der Waals surface area contributed by atoms with E-state index in [0.29, 0.717) is 24.3 Å². The molecule has 0 bridgehead atoms. The van der Waals surface area contributed by atoms with Crippen LogP contribution in [0.2, 0.25) is 0 Å². The van der Waals surface area contributed by atoms with Gasteiger partial charge in [0.15, 0.2) is 0 Å². The smallest absolute Gasteiger partial charge is 0.315 e.